The first-order valence-corrected chi connectivity index (χ1v) is 10.00. The Kier molecular flexibility index (Phi) is 3.96. The lowest BCUT2D eigenvalue weighted by Gasteiger charge is -2.26. The Morgan fingerprint density at radius 3 is 2.09 bits per heavy atom. The van der Waals surface area contributed by atoms with Gasteiger partial charge in [-0.2, -0.15) is 0 Å². The topological polar surface area (TPSA) is 34.1 Å². The predicted octanol–water partition coefficient (Wildman–Crippen LogP) is 4.67. The summed E-state index contributed by atoms with van der Waals surface area (Å²) in [6.07, 6.45) is 4.39. The van der Waals surface area contributed by atoms with Gasteiger partial charge >= 0.3 is 0 Å². The van der Waals surface area contributed by atoms with E-state index in [0.29, 0.717) is 18.3 Å². The van der Waals surface area contributed by atoms with Gasteiger partial charge < -0.3 is 0 Å². The Labute approximate surface area is 134 Å². The van der Waals surface area contributed by atoms with Crippen LogP contribution in [0.2, 0.25) is 0 Å². The normalized spacial score (nSPS) is 26.5. The van der Waals surface area contributed by atoms with Crippen LogP contribution in [0, 0.1) is 0 Å². The van der Waals surface area contributed by atoms with Crippen LogP contribution in [0.15, 0.2) is 24.3 Å². The average Bonchev–Trinajstić information content (AvgIpc) is 2.66. The van der Waals surface area contributed by atoms with Gasteiger partial charge in [0.25, 0.3) is 0 Å². The van der Waals surface area contributed by atoms with Gasteiger partial charge in [-0.1, -0.05) is 52.0 Å². The number of benzene rings is 1. The molecule has 1 aromatic rings. The Morgan fingerprint density at radius 1 is 1.00 bits per heavy atom. The molecule has 2 aliphatic rings. The lowest BCUT2D eigenvalue weighted by molar-refractivity contribution is 0.585. The fourth-order valence-electron chi connectivity index (χ4n) is 3.97. The summed E-state index contributed by atoms with van der Waals surface area (Å²) >= 11 is 0. The Bertz CT molecular complexity index is 685. The molecule has 2 atom stereocenters. The van der Waals surface area contributed by atoms with Crippen molar-refractivity contribution >= 4 is 15.4 Å². The summed E-state index contributed by atoms with van der Waals surface area (Å²) in [5, 5.41) is -0.404. The SMILES string of the molecule is CC(C)c1cccc(C(C)C)c1C1=CC2CCC(C1)S2(=O)=O. The summed E-state index contributed by atoms with van der Waals surface area (Å²) in [5.74, 6) is 0.900. The van der Waals surface area contributed by atoms with Crippen LogP contribution in [-0.2, 0) is 9.84 Å². The molecule has 0 N–H and O–H groups in total. The zero-order valence-electron chi connectivity index (χ0n) is 14.0. The number of rotatable bonds is 3. The van der Waals surface area contributed by atoms with Crippen LogP contribution in [0.5, 0.6) is 0 Å². The van der Waals surface area contributed by atoms with Gasteiger partial charge in [0.2, 0.25) is 0 Å². The first kappa shape index (κ1) is 15.8. The molecule has 3 rings (SSSR count). The molecule has 22 heavy (non-hydrogen) atoms. The second-order valence-electron chi connectivity index (χ2n) is 7.34. The fourth-order valence-corrected chi connectivity index (χ4v) is 6.16. The maximum Gasteiger partial charge on any atom is 0.159 e. The van der Waals surface area contributed by atoms with Gasteiger partial charge in [0, 0.05) is 0 Å². The number of allylic oxidation sites excluding steroid dienone is 1. The van der Waals surface area contributed by atoms with E-state index in [2.05, 4.69) is 52.0 Å². The zero-order valence-corrected chi connectivity index (χ0v) is 14.8. The zero-order chi connectivity index (χ0) is 16.1. The van der Waals surface area contributed by atoms with Gasteiger partial charge in [0.1, 0.15) is 0 Å². The Balaban J connectivity index is 2.17. The van der Waals surface area contributed by atoms with Crippen LogP contribution in [0.25, 0.3) is 5.57 Å². The molecule has 2 bridgehead atoms. The molecule has 0 aliphatic carbocycles. The summed E-state index contributed by atoms with van der Waals surface area (Å²) in [6, 6.07) is 6.55. The largest absolute Gasteiger partial charge is 0.228 e. The van der Waals surface area contributed by atoms with Crippen molar-refractivity contribution in [2.75, 3.05) is 0 Å². The molecule has 0 amide bonds. The highest BCUT2D eigenvalue weighted by atomic mass is 32.2. The Morgan fingerprint density at radius 2 is 1.59 bits per heavy atom. The van der Waals surface area contributed by atoms with Gasteiger partial charge in [-0.25, -0.2) is 8.42 Å². The highest BCUT2D eigenvalue weighted by molar-refractivity contribution is 7.93. The maximum atomic E-state index is 12.3. The second-order valence-corrected chi connectivity index (χ2v) is 9.79. The van der Waals surface area contributed by atoms with E-state index in [1.807, 2.05) is 0 Å². The van der Waals surface area contributed by atoms with E-state index in [-0.39, 0.29) is 10.5 Å². The van der Waals surface area contributed by atoms with Gasteiger partial charge in [-0.15, -0.1) is 0 Å². The highest BCUT2D eigenvalue weighted by Gasteiger charge is 2.43. The first-order valence-electron chi connectivity index (χ1n) is 8.39. The number of sulfone groups is 1. The van der Waals surface area contributed by atoms with Gasteiger partial charge in [-0.05, 0) is 53.4 Å². The number of fused-ring (bicyclic) bond motifs is 2. The molecule has 1 saturated heterocycles. The average molecular weight is 318 g/mol. The molecule has 0 aromatic heterocycles. The third-order valence-electron chi connectivity index (χ3n) is 5.19. The summed E-state index contributed by atoms with van der Waals surface area (Å²) in [5.41, 5.74) is 5.32. The molecule has 2 unspecified atom stereocenters. The molecule has 2 aliphatic heterocycles. The van der Waals surface area contributed by atoms with Crippen molar-refractivity contribution in [3.05, 3.63) is 41.0 Å². The van der Waals surface area contributed by atoms with E-state index in [1.54, 1.807) is 0 Å². The van der Waals surface area contributed by atoms with Gasteiger partial charge in [0.05, 0.1) is 10.5 Å². The number of hydrogen-bond donors (Lipinski definition) is 0. The van der Waals surface area contributed by atoms with Crippen molar-refractivity contribution < 1.29 is 8.42 Å². The molecule has 3 heteroatoms. The first-order chi connectivity index (χ1) is 10.3. The lowest BCUT2D eigenvalue weighted by Crippen LogP contribution is -2.26. The fraction of sp³-hybridized carbons (Fsp3) is 0.579. The predicted molar refractivity (Wildman–Crippen MR) is 92.9 cm³/mol. The molecular formula is C19H26O2S. The minimum Gasteiger partial charge on any atom is -0.228 e. The van der Waals surface area contributed by atoms with E-state index in [0.717, 1.165) is 12.8 Å². The summed E-state index contributed by atoms with van der Waals surface area (Å²) in [6.45, 7) is 8.88. The third-order valence-corrected chi connectivity index (χ3v) is 7.74. The molecule has 0 spiro atoms. The van der Waals surface area contributed by atoms with Crippen molar-refractivity contribution in [2.24, 2.45) is 0 Å². The van der Waals surface area contributed by atoms with Crippen molar-refractivity contribution in [1.29, 1.82) is 0 Å². The van der Waals surface area contributed by atoms with Gasteiger partial charge in [0.15, 0.2) is 9.84 Å². The van der Waals surface area contributed by atoms with E-state index in [4.69, 9.17) is 0 Å². The minimum absolute atomic E-state index is 0.155. The van der Waals surface area contributed by atoms with Crippen LogP contribution < -0.4 is 0 Å². The monoisotopic (exact) mass is 318 g/mol. The van der Waals surface area contributed by atoms with E-state index >= 15 is 0 Å². The molecule has 120 valence electrons. The van der Waals surface area contributed by atoms with Crippen LogP contribution in [0.1, 0.15) is 75.5 Å². The van der Waals surface area contributed by atoms with Crippen molar-refractivity contribution in [3.63, 3.8) is 0 Å². The van der Waals surface area contributed by atoms with Gasteiger partial charge in [-0.3, -0.25) is 0 Å². The summed E-state index contributed by atoms with van der Waals surface area (Å²) in [4.78, 5) is 0. The van der Waals surface area contributed by atoms with Crippen LogP contribution in [0.4, 0.5) is 0 Å². The number of hydrogen-bond acceptors (Lipinski definition) is 2. The summed E-state index contributed by atoms with van der Waals surface area (Å²) < 4.78 is 24.7. The quantitative estimate of drug-likeness (QED) is 0.812. The molecule has 0 saturated carbocycles. The molecular weight excluding hydrogens is 292 g/mol. The van der Waals surface area contributed by atoms with Crippen LogP contribution in [-0.4, -0.2) is 18.9 Å². The van der Waals surface area contributed by atoms with E-state index < -0.39 is 9.84 Å². The van der Waals surface area contributed by atoms with Crippen molar-refractivity contribution in [1.82, 2.24) is 0 Å². The molecule has 2 nitrogen and oxygen atoms in total. The molecule has 1 fully saturated rings. The molecule has 1 aromatic carbocycles. The smallest absolute Gasteiger partial charge is 0.159 e. The highest BCUT2D eigenvalue weighted by Crippen LogP contribution is 2.44. The second kappa shape index (κ2) is 5.52. The van der Waals surface area contributed by atoms with Crippen molar-refractivity contribution in [3.8, 4) is 0 Å². The minimum atomic E-state index is -2.91. The Hall–Kier alpha value is -1.09. The summed E-state index contributed by atoms with van der Waals surface area (Å²) in [7, 11) is -2.91. The molecule has 0 radical (unpaired) electrons. The van der Waals surface area contributed by atoms with E-state index in [9.17, 15) is 8.42 Å². The standard InChI is InChI=1S/C19H26O2S/c1-12(2)17-6-5-7-18(13(3)4)19(17)14-10-15-8-9-16(11-14)22(15,20)21/h5-7,10,12-13,15-16H,8-9,11H2,1-4H3. The van der Waals surface area contributed by atoms with E-state index in [1.165, 1.54) is 22.3 Å². The lowest BCUT2D eigenvalue weighted by atomic mass is 9.83. The van der Waals surface area contributed by atoms with Crippen LogP contribution >= 0.6 is 0 Å². The molecule has 2 heterocycles. The third kappa shape index (κ3) is 2.44. The maximum absolute atomic E-state index is 12.3. The van der Waals surface area contributed by atoms with Crippen LogP contribution in [0.3, 0.4) is 0 Å². The van der Waals surface area contributed by atoms with Crippen molar-refractivity contribution in [2.45, 2.75) is 69.3 Å².